The van der Waals surface area contributed by atoms with E-state index in [-0.39, 0.29) is 32.6 Å². The normalized spacial score (nSPS) is 21.0. The quantitative estimate of drug-likeness (QED) is 0.661. The number of carbonyl (C=O) groups is 2. The van der Waals surface area contributed by atoms with E-state index in [1.807, 2.05) is 0 Å². The van der Waals surface area contributed by atoms with Gasteiger partial charge in [0.05, 0.1) is 9.79 Å². The average molecular weight is 369 g/mol. The third-order valence-electron chi connectivity index (χ3n) is 5.13. The zero-order valence-electron chi connectivity index (χ0n) is 14.4. The van der Waals surface area contributed by atoms with Crippen molar-refractivity contribution in [1.82, 2.24) is 4.90 Å². The molecule has 0 radical (unpaired) electrons. The fourth-order valence-electron chi connectivity index (χ4n) is 3.77. The zero-order chi connectivity index (χ0) is 18.5. The van der Waals surface area contributed by atoms with Crippen LogP contribution in [0.1, 0.15) is 46.0 Å². The summed E-state index contributed by atoms with van der Waals surface area (Å²) in [7, 11) is -3.82. The maximum Gasteiger partial charge on any atom is 0.253 e. The van der Waals surface area contributed by atoms with Crippen LogP contribution in [-0.4, -0.2) is 38.1 Å². The molecule has 0 spiro atoms. The van der Waals surface area contributed by atoms with Crippen LogP contribution >= 0.6 is 0 Å². The first-order valence-electron chi connectivity index (χ1n) is 8.72. The molecule has 26 heavy (non-hydrogen) atoms. The van der Waals surface area contributed by atoms with E-state index in [0.29, 0.717) is 24.6 Å². The average Bonchev–Trinajstić information content (AvgIpc) is 2.65. The summed E-state index contributed by atoms with van der Waals surface area (Å²) in [5.74, 6) is -0.0700. The summed E-state index contributed by atoms with van der Waals surface area (Å²) in [6.07, 6.45) is 2.04. The molecule has 6 heteroatoms. The number of amides is 1. The molecular formula is C20H19NO4S. The molecule has 2 aromatic carbocycles. The van der Waals surface area contributed by atoms with Gasteiger partial charge in [0, 0.05) is 29.8 Å². The number of hydrogen-bond acceptors (Lipinski definition) is 4. The summed E-state index contributed by atoms with van der Waals surface area (Å²) < 4.78 is 25.9. The Hall–Kier alpha value is -2.47. The predicted molar refractivity (Wildman–Crippen MR) is 96.1 cm³/mol. The van der Waals surface area contributed by atoms with E-state index in [2.05, 4.69) is 6.92 Å². The molecule has 1 fully saturated rings. The number of ketones is 1. The molecular weight excluding hydrogens is 350 g/mol. The second-order valence-corrected chi connectivity index (χ2v) is 8.92. The van der Waals surface area contributed by atoms with Crippen LogP contribution in [0.4, 0.5) is 0 Å². The van der Waals surface area contributed by atoms with Crippen molar-refractivity contribution < 1.29 is 18.0 Å². The highest BCUT2D eigenvalue weighted by molar-refractivity contribution is 7.91. The van der Waals surface area contributed by atoms with Crippen LogP contribution in [0.25, 0.3) is 0 Å². The second-order valence-electron chi connectivity index (χ2n) is 7.04. The Morgan fingerprint density at radius 1 is 1.08 bits per heavy atom. The molecule has 1 atom stereocenters. The van der Waals surface area contributed by atoms with Crippen LogP contribution in [0.15, 0.2) is 52.3 Å². The number of rotatable bonds is 1. The van der Waals surface area contributed by atoms with Gasteiger partial charge in [-0.15, -0.1) is 0 Å². The van der Waals surface area contributed by atoms with Gasteiger partial charge < -0.3 is 4.90 Å². The highest BCUT2D eigenvalue weighted by Gasteiger charge is 2.35. The molecule has 2 heterocycles. The Bertz CT molecular complexity index is 1030. The molecule has 0 bridgehead atoms. The van der Waals surface area contributed by atoms with Crippen LogP contribution in [0.2, 0.25) is 0 Å². The molecule has 0 aliphatic carbocycles. The molecule has 0 N–H and O–H groups in total. The Morgan fingerprint density at radius 2 is 1.81 bits per heavy atom. The van der Waals surface area contributed by atoms with Crippen molar-refractivity contribution >= 4 is 21.5 Å². The summed E-state index contributed by atoms with van der Waals surface area (Å²) >= 11 is 0. The lowest BCUT2D eigenvalue weighted by Gasteiger charge is -2.31. The van der Waals surface area contributed by atoms with Crippen LogP contribution in [0, 0.1) is 5.92 Å². The lowest BCUT2D eigenvalue weighted by atomic mass is 9.98. The Labute approximate surface area is 152 Å². The van der Waals surface area contributed by atoms with E-state index < -0.39 is 9.84 Å². The highest BCUT2D eigenvalue weighted by atomic mass is 32.2. The van der Waals surface area contributed by atoms with Gasteiger partial charge in [0.15, 0.2) is 5.78 Å². The van der Waals surface area contributed by atoms with E-state index in [1.54, 1.807) is 23.1 Å². The molecule has 1 amide bonds. The van der Waals surface area contributed by atoms with E-state index in [0.717, 1.165) is 12.8 Å². The van der Waals surface area contributed by atoms with Crippen molar-refractivity contribution in [3.8, 4) is 0 Å². The molecule has 5 nitrogen and oxygen atoms in total. The molecule has 0 aromatic heterocycles. The van der Waals surface area contributed by atoms with Gasteiger partial charge in [0.1, 0.15) is 0 Å². The topological polar surface area (TPSA) is 71.5 Å². The first-order valence-corrected chi connectivity index (χ1v) is 10.2. The van der Waals surface area contributed by atoms with E-state index >= 15 is 0 Å². The predicted octanol–water partition coefficient (Wildman–Crippen LogP) is 2.94. The summed E-state index contributed by atoms with van der Waals surface area (Å²) in [5.41, 5.74) is 0.629. The van der Waals surface area contributed by atoms with Crippen molar-refractivity contribution in [2.75, 3.05) is 13.1 Å². The number of piperidine rings is 1. The van der Waals surface area contributed by atoms with Crippen molar-refractivity contribution in [2.45, 2.75) is 29.6 Å². The van der Waals surface area contributed by atoms with Gasteiger partial charge in [0.2, 0.25) is 9.84 Å². The number of likely N-dealkylation sites (tertiary alicyclic amines) is 1. The van der Waals surface area contributed by atoms with Crippen LogP contribution in [-0.2, 0) is 9.84 Å². The summed E-state index contributed by atoms with van der Waals surface area (Å²) in [6, 6.07) is 10.6. The standard InChI is InChI=1S/C20H19NO4S/c1-13-5-4-10-21(12-13)20(23)14-8-9-16-18(11-14)26(24,25)17-7-3-2-6-15(17)19(16)22/h2-3,6-9,11,13H,4-5,10,12H2,1H3. The number of carbonyl (C=O) groups excluding carboxylic acids is 2. The van der Waals surface area contributed by atoms with Gasteiger partial charge in [-0.05, 0) is 49.1 Å². The summed E-state index contributed by atoms with van der Waals surface area (Å²) in [5, 5.41) is 0. The fourth-order valence-corrected chi connectivity index (χ4v) is 5.45. The molecule has 0 saturated carbocycles. The Morgan fingerprint density at radius 3 is 2.58 bits per heavy atom. The van der Waals surface area contributed by atoms with Gasteiger partial charge in [-0.2, -0.15) is 0 Å². The minimum atomic E-state index is -3.82. The van der Waals surface area contributed by atoms with E-state index in [4.69, 9.17) is 0 Å². The maximum absolute atomic E-state index is 13.0. The second kappa shape index (κ2) is 6.06. The monoisotopic (exact) mass is 369 g/mol. The molecule has 2 aliphatic heterocycles. The van der Waals surface area contributed by atoms with Gasteiger partial charge >= 0.3 is 0 Å². The van der Waals surface area contributed by atoms with Crippen molar-refractivity contribution in [3.05, 3.63) is 59.2 Å². The number of benzene rings is 2. The van der Waals surface area contributed by atoms with Gasteiger partial charge in [0.25, 0.3) is 5.91 Å². The van der Waals surface area contributed by atoms with Crippen LogP contribution in [0.5, 0.6) is 0 Å². The minimum Gasteiger partial charge on any atom is -0.338 e. The van der Waals surface area contributed by atoms with Gasteiger partial charge in [-0.1, -0.05) is 19.1 Å². The molecule has 1 saturated heterocycles. The highest BCUT2D eigenvalue weighted by Crippen LogP contribution is 2.35. The maximum atomic E-state index is 13.0. The minimum absolute atomic E-state index is 0.00805. The van der Waals surface area contributed by atoms with Crippen molar-refractivity contribution in [2.24, 2.45) is 5.92 Å². The molecule has 1 unspecified atom stereocenters. The first-order chi connectivity index (χ1) is 12.4. The van der Waals surface area contributed by atoms with Crippen LogP contribution in [0.3, 0.4) is 0 Å². The fraction of sp³-hybridized carbons (Fsp3) is 0.300. The van der Waals surface area contributed by atoms with E-state index in [1.165, 1.54) is 24.3 Å². The number of hydrogen-bond donors (Lipinski definition) is 0. The lowest BCUT2D eigenvalue weighted by Crippen LogP contribution is -2.39. The molecule has 134 valence electrons. The summed E-state index contributed by atoms with van der Waals surface area (Å²) in [4.78, 5) is 27.2. The smallest absolute Gasteiger partial charge is 0.253 e. The number of nitrogens with zero attached hydrogens (tertiary/aromatic N) is 1. The van der Waals surface area contributed by atoms with Crippen molar-refractivity contribution in [1.29, 1.82) is 0 Å². The lowest BCUT2D eigenvalue weighted by molar-refractivity contribution is 0.0682. The number of sulfone groups is 1. The van der Waals surface area contributed by atoms with Crippen LogP contribution < -0.4 is 0 Å². The summed E-state index contributed by atoms with van der Waals surface area (Å²) in [6.45, 7) is 3.45. The zero-order valence-corrected chi connectivity index (χ0v) is 15.3. The van der Waals surface area contributed by atoms with Gasteiger partial charge in [-0.25, -0.2) is 8.42 Å². The van der Waals surface area contributed by atoms with Crippen molar-refractivity contribution in [3.63, 3.8) is 0 Å². The van der Waals surface area contributed by atoms with E-state index in [9.17, 15) is 18.0 Å². The third kappa shape index (κ3) is 2.56. The third-order valence-corrected chi connectivity index (χ3v) is 6.98. The van der Waals surface area contributed by atoms with Gasteiger partial charge in [-0.3, -0.25) is 9.59 Å². The molecule has 2 aliphatic rings. The SMILES string of the molecule is CC1CCCN(C(=O)c2ccc3c(c2)S(=O)(=O)c2ccccc2C3=O)C1. The Kier molecular flexibility index (Phi) is 3.95. The Balaban J connectivity index is 1.79. The molecule has 2 aromatic rings. The number of fused-ring (bicyclic) bond motifs is 2. The first kappa shape index (κ1) is 17.0. The largest absolute Gasteiger partial charge is 0.338 e. The molecule has 4 rings (SSSR count).